The van der Waals surface area contributed by atoms with Crippen molar-refractivity contribution < 1.29 is 9.90 Å². The molecule has 0 aromatic heterocycles. The van der Waals surface area contributed by atoms with Gasteiger partial charge in [0.05, 0.1) is 4.91 Å². The third-order valence-electron chi connectivity index (χ3n) is 4.12. The van der Waals surface area contributed by atoms with Gasteiger partial charge in [0.25, 0.3) is 5.91 Å². The number of amides is 1. The quantitative estimate of drug-likeness (QED) is 0.552. The Bertz CT molecular complexity index is 715. The van der Waals surface area contributed by atoms with Crippen LogP contribution >= 0.6 is 24.0 Å². The smallest absolute Gasteiger partial charge is 0.263 e. The van der Waals surface area contributed by atoms with E-state index in [2.05, 4.69) is 46.9 Å². The van der Waals surface area contributed by atoms with Gasteiger partial charge in [-0.25, -0.2) is 0 Å². The first-order valence-corrected chi connectivity index (χ1v) is 9.17. The van der Waals surface area contributed by atoms with Crippen molar-refractivity contribution in [1.29, 1.82) is 0 Å². The topological polar surface area (TPSA) is 49.3 Å². The van der Waals surface area contributed by atoms with E-state index in [0.717, 1.165) is 22.3 Å². The number of phenols is 1. The summed E-state index contributed by atoms with van der Waals surface area (Å²) < 4.78 is 0.486. The van der Waals surface area contributed by atoms with Crippen molar-refractivity contribution in [3.8, 4) is 5.75 Å². The van der Waals surface area contributed by atoms with Crippen LogP contribution in [0.5, 0.6) is 5.75 Å². The van der Waals surface area contributed by atoms with Crippen LogP contribution in [0, 0.1) is 0 Å². The third kappa shape index (κ3) is 3.67. The lowest BCUT2D eigenvalue weighted by Gasteiger charge is -2.28. The molecular weight excluding hydrogens is 338 g/mol. The zero-order chi connectivity index (χ0) is 18.4. The molecule has 3 nitrogen and oxygen atoms in total. The van der Waals surface area contributed by atoms with Gasteiger partial charge in [-0.15, -0.1) is 0 Å². The molecular formula is C19H25NO2S2. The average molecular weight is 364 g/mol. The van der Waals surface area contributed by atoms with Gasteiger partial charge in [-0.05, 0) is 41.0 Å². The van der Waals surface area contributed by atoms with E-state index in [-0.39, 0.29) is 16.7 Å². The Morgan fingerprint density at radius 3 is 1.88 bits per heavy atom. The molecule has 130 valence electrons. The lowest BCUT2D eigenvalue weighted by molar-refractivity contribution is -0.115. The highest BCUT2D eigenvalue weighted by Crippen LogP contribution is 2.42. The van der Waals surface area contributed by atoms with Crippen molar-refractivity contribution in [1.82, 2.24) is 5.32 Å². The molecule has 0 saturated carbocycles. The zero-order valence-electron chi connectivity index (χ0n) is 15.3. The highest BCUT2D eigenvalue weighted by molar-refractivity contribution is 8.26. The number of aromatic hydroxyl groups is 1. The maximum absolute atomic E-state index is 12.1. The molecule has 0 atom stereocenters. The van der Waals surface area contributed by atoms with Crippen LogP contribution in [0.1, 0.15) is 65.2 Å². The predicted molar refractivity (Wildman–Crippen MR) is 106 cm³/mol. The minimum Gasteiger partial charge on any atom is -0.507 e. The van der Waals surface area contributed by atoms with E-state index in [0.29, 0.717) is 15.0 Å². The second kappa shape index (κ2) is 6.19. The lowest BCUT2D eigenvalue weighted by Crippen LogP contribution is -2.19. The summed E-state index contributed by atoms with van der Waals surface area (Å²) in [6.07, 6.45) is 0. The molecule has 0 unspecified atom stereocenters. The fraction of sp³-hybridized carbons (Fsp3) is 0.474. The van der Waals surface area contributed by atoms with Crippen LogP contribution in [-0.4, -0.2) is 15.3 Å². The zero-order valence-corrected chi connectivity index (χ0v) is 17.0. The third-order valence-corrected chi connectivity index (χ3v) is 5.45. The number of nitrogens with one attached hydrogen (secondary N) is 1. The van der Waals surface area contributed by atoms with Gasteiger partial charge in [0.1, 0.15) is 10.1 Å². The number of hydrogen-bond donors (Lipinski definition) is 2. The number of phenolic OH excluding ortho intramolecular Hbond substituents is 1. The van der Waals surface area contributed by atoms with Gasteiger partial charge in [0, 0.05) is 11.1 Å². The molecule has 1 aliphatic rings. The molecule has 0 bridgehead atoms. The van der Waals surface area contributed by atoms with Crippen LogP contribution in [0.25, 0.3) is 5.57 Å². The number of rotatable bonds is 1. The van der Waals surface area contributed by atoms with Crippen LogP contribution in [0.3, 0.4) is 0 Å². The molecule has 1 saturated heterocycles. The molecule has 0 aliphatic carbocycles. The number of carbonyl (C=O) groups is 1. The van der Waals surface area contributed by atoms with Gasteiger partial charge in [-0.2, -0.15) is 0 Å². The molecule has 2 rings (SSSR count). The Labute approximate surface area is 153 Å². The van der Waals surface area contributed by atoms with Crippen LogP contribution in [0.15, 0.2) is 17.0 Å². The van der Waals surface area contributed by atoms with Crippen LogP contribution in [0.2, 0.25) is 0 Å². The average Bonchev–Trinajstić information content (AvgIpc) is 2.74. The SMILES string of the molecule is C/C(=C1\SC(=S)NC1=O)c1cc(C(C)(C)C)c(O)c(C(C)(C)C)c1. The first-order chi connectivity index (χ1) is 10.8. The van der Waals surface area contributed by atoms with Crippen molar-refractivity contribution in [2.75, 3.05) is 0 Å². The maximum atomic E-state index is 12.1. The summed E-state index contributed by atoms with van der Waals surface area (Å²) in [6.45, 7) is 14.4. The Balaban J connectivity index is 2.74. The van der Waals surface area contributed by atoms with E-state index < -0.39 is 0 Å². The first-order valence-electron chi connectivity index (χ1n) is 7.94. The molecule has 0 spiro atoms. The largest absolute Gasteiger partial charge is 0.507 e. The molecule has 1 aromatic carbocycles. The van der Waals surface area contributed by atoms with Gasteiger partial charge in [-0.3, -0.25) is 4.79 Å². The van der Waals surface area contributed by atoms with E-state index in [9.17, 15) is 9.90 Å². The first kappa shape index (κ1) is 19.0. The van der Waals surface area contributed by atoms with E-state index in [4.69, 9.17) is 12.2 Å². The monoisotopic (exact) mass is 363 g/mol. The van der Waals surface area contributed by atoms with Crippen LogP contribution in [-0.2, 0) is 15.6 Å². The van der Waals surface area contributed by atoms with Crippen molar-refractivity contribution >= 4 is 39.8 Å². The molecule has 1 aromatic rings. The molecule has 1 amide bonds. The molecule has 2 N–H and O–H groups in total. The van der Waals surface area contributed by atoms with Crippen LogP contribution in [0.4, 0.5) is 0 Å². The van der Waals surface area contributed by atoms with Crippen molar-refractivity contribution in [3.63, 3.8) is 0 Å². The summed E-state index contributed by atoms with van der Waals surface area (Å²) in [5.41, 5.74) is 3.20. The Kier molecular flexibility index (Phi) is 4.90. The Hall–Kier alpha value is -1.33. The van der Waals surface area contributed by atoms with E-state index in [1.807, 2.05) is 19.1 Å². The van der Waals surface area contributed by atoms with Crippen molar-refractivity contribution in [2.45, 2.75) is 59.3 Å². The van der Waals surface area contributed by atoms with Gasteiger partial charge >= 0.3 is 0 Å². The number of hydrogen-bond acceptors (Lipinski definition) is 4. The second-order valence-corrected chi connectivity index (χ2v) is 9.91. The highest BCUT2D eigenvalue weighted by atomic mass is 32.2. The highest BCUT2D eigenvalue weighted by Gasteiger charge is 2.29. The lowest BCUT2D eigenvalue weighted by atomic mass is 9.78. The van der Waals surface area contributed by atoms with Gasteiger partial charge in [0.15, 0.2) is 0 Å². The molecule has 5 heteroatoms. The minimum absolute atomic E-state index is 0.148. The normalized spacial score (nSPS) is 18.0. The number of carbonyl (C=O) groups excluding carboxylic acids is 1. The maximum Gasteiger partial charge on any atom is 0.263 e. The van der Waals surface area contributed by atoms with Gasteiger partial charge in [-0.1, -0.05) is 65.5 Å². The number of thioether (sulfide) groups is 1. The summed E-state index contributed by atoms with van der Waals surface area (Å²) in [5, 5.41) is 13.5. The van der Waals surface area contributed by atoms with Crippen LogP contribution < -0.4 is 5.32 Å². The molecule has 1 fully saturated rings. The number of thiocarbonyl (C=S) groups is 1. The van der Waals surface area contributed by atoms with Gasteiger partial charge in [0.2, 0.25) is 0 Å². The van der Waals surface area contributed by atoms with E-state index >= 15 is 0 Å². The second-order valence-electron chi connectivity index (χ2n) is 8.22. The molecule has 1 aliphatic heterocycles. The minimum atomic E-state index is -0.203. The summed E-state index contributed by atoms with van der Waals surface area (Å²) in [7, 11) is 0. The van der Waals surface area contributed by atoms with Crippen molar-refractivity contribution in [2.24, 2.45) is 0 Å². The number of benzene rings is 1. The Morgan fingerprint density at radius 2 is 1.54 bits per heavy atom. The summed E-state index contributed by atoms with van der Waals surface area (Å²) >= 11 is 6.39. The van der Waals surface area contributed by atoms with Crippen molar-refractivity contribution in [3.05, 3.63) is 33.7 Å². The standard InChI is InChI=1S/C19H25NO2S2/c1-10(15-16(22)20-17(23)24-15)11-8-12(18(2,3)4)14(21)13(9-11)19(5,6)7/h8-9,21H,1-7H3,(H,20,22,23)/b15-10+. The number of allylic oxidation sites excluding steroid dienone is 1. The molecule has 24 heavy (non-hydrogen) atoms. The molecule has 0 radical (unpaired) electrons. The summed E-state index contributed by atoms with van der Waals surface area (Å²) in [6, 6.07) is 3.98. The fourth-order valence-electron chi connectivity index (χ4n) is 2.69. The molecule has 1 heterocycles. The van der Waals surface area contributed by atoms with Gasteiger partial charge < -0.3 is 10.4 Å². The summed E-state index contributed by atoms with van der Waals surface area (Å²) in [5.74, 6) is 0.195. The summed E-state index contributed by atoms with van der Waals surface area (Å²) in [4.78, 5) is 12.7. The Morgan fingerprint density at radius 1 is 1.08 bits per heavy atom. The van der Waals surface area contributed by atoms with E-state index in [1.165, 1.54) is 11.8 Å². The fourth-order valence-corrected chi connectivity index (χ4v) is 3.77. The van der Waals surface area contributed by atoms with E-state index in [1.54, 1.807) is 0 Å². The predicted octanol–water partition coefficient (Wildman–Crippen LogP) is 4.87.